The van der Waals surface area contributed by atoms with Crippen LogP contribution >= 0.6 is 0 Å². The molecule has 2 aromatic rings. The first kappa shape index (κ1) is 13.6. The molecule has 3 nitrogen and oxygen atoms in total. The van der Waals surface area contributed by atoms with Gasteiger partial charge in [-0.2, -0.15) is 0 Å². The molecule has 0 spiro atoms. The zero-order valence-electron chi connectivity index (χ0n) is 13.1. The van der Waals surface area contributed by atoms with E-state index in [1.165, 1.54) is 6.92 Å². The normalized spacial score (nSPS) is 25.5. The molecule has 4 rings (SSSR count). The third-order valence-electron chi connectivity index (χ3n) is 5.59. The largest absolute Gasteiger partial charge is 0.507 e. The van der Waals surface area contributed by atoms with Gasteiger partial charge in [0.15, 0.2) is 0 Å². The van der Waals surface area contributed by atoms with Gasteiger partial charge in [0, 0.05) is 28.8 Å². The number of aromatic hydroxyl groups is 1. The summed E-state index contributed by atoms with van der Waals surface area (Å²) in [7, 11) is 0. The van der Waals surface area contributed by atoms with Crippen LogP contribution in [0.4, 0.5) is 0 Å². The minimum Gasteiger partial charge on any atom is -0.507 e. The minimum atomic E-state index is -0.298. The van der Waals surface area contributed by atoms with Crippen LogP contribution in [-0.2, 0) is 4.79 Å². The van der Waals surface area contributed by atoms with E-state index >= 15 is 0 Å². The Bertz CT molecular complexity index is 806. The number of rotatable bonds is 1. The second kappa shape index (κ2) is 4.48. The van der Waals surface area contributed by atoms with E-state index in [9.17, 15) is 9.90 Å². The Balaban J connectivity index is 2.14. The second-order valence-electron chi connectivity index (χ2n) is 6.75. The zero-order chi connectivity index (χ0) is 15.6. The average Bonchev–Trinajstić information content (AvgIpc) is 2.97. The van der Waals surface area contributed by atoms with Crippen molar-refractivity contribution in [3.05, 3.63) is 34.9 Å². The SMILES string of the molecule is CC(=O)Oc1c2c(c(O)c3cccc(C)c13)C1CCC2C1C. The molecule has 2 aliphatic carbocycles. The first-order valence-electron chi connectivity index (χ1n) is 7.97. The second-order valence-corrected chi connectivity index (χ2v) is 6.75. The molecular weight excluding hydrogens is 276 g/mol. The van der Waals surface area contributed by atoms with Crippen molar-refractivity contribution >= 4 is 16.7 Å². The molecule has 22 heavy (non-hydrogen) atoms. The van der Waals surface area contributed by atoms with Crippen molar-refractivity contribution in [2.75, 3.05) is 0 Å². The molecule has 3 heteroatoms. The highest BCUT2D eigenvalue weighted by Crippen LogP contribution is 2.63. The number of carbonyl (C=O) groups is 1. The fourth-order valence-corrected chi connectivity index (χ4v) is 4.67. The van der Waals surface area contributed by atoms with E-state index in [1.807, 2.05) is 25.1 Å². The third-order valence-corrected chi connectivity index (χ3v) is 5.59. The third kappa shape index (κ3) is 1.59. The molecule has 1 N–H and O–H groups in total. The van der Waals surface area contributed by atoms with Crippen LogP contribution in [0.2, 0.25) is 0 Å². The van der Waals surface area contributed by atoms with E-state index in [-0.39, 0.29) is 5.97 Å². The van der Waals surface area contributed by atoms with E-state index in [2.05, 4.69) is 6.92 Å². The number of hydrogen-bond donors (Lipinski definition) is 1. The summed E-state index contributed by atoms with van der Waals surface area (Å²) in [6, 6.07) is 5.86. The lowest BCUT2D eigenvalue weighted by Crippen LogP contribution is -2.09. The number of phenols is 1. The maximum atomic E-state index is 11.7. The Morgan fingerprint density at radius 2 is 1.91 bits per heavy atom. The maximum absolute atomic E-state index is 11.7. The lowest BCUT2D eigenvalue weighted by molar-refractivity contribution is -0.131. The summed E-state index contributed by atoms with van der Waals surface area (Å²) in [6.45, 7) is 5.69. The molecule has 0 heterocycles. The van der Waals surface area contributed by atoms with Crippen molar-refractivity contribution in [3.8, 4) is 11.5 Å². The fraction of sp³-hybridized carbons (Fsp3) is 0.421. The number of carbonyl (C=O) groups excluding carboxylic acids is 1. The number of benzene rings is 2. The van der Waals surface area contributed by atoms with Crippen LogP contribution in [0.5, 0.6) is 11.5 Å². The smallest absolute Gasteiger partial charge is 0.308 e. The lowest BCUT2D eigenvalue weighted by atomic mass is 9.86. The van der Waals surface area contributed by atoms with Gasteiger partial charge in [0.1, 0.15) is 11.5 Å². The predicted octanol–water partition coefficient (Wildman–Crippen LogP) is 4.39. The highest BCUT2D eigenvalue weighted by Gasteiger charge is 2.47. The number of hydrogen-bond acceptors (Lipinski definition) is 3. The molecule has 0 aliphatic heterocycles. The van der Waals surface area contributed by atoms with Crippen LogP contribution in [0.25, 0.3) is 10.8 Å². The van der Waals surface area contributed by atoms with Crippen molar-refractivity contribution in [1.29, 1.82) is 0 Å². The molecule has 3 atom stereocenters. The molecule has 0 amide bonds. The van der Waals surface area contributed by atoms with E-state index in [1.54, 1.807) is 0 Å². The van der Waals surface area contributed by atoms with Crippen LogP contribution in [-0.4, -0.2) is 11.1 Å². The van der Waals surface area contributed by atoms with E-state index in [0.717, 1.165) is 40.3 Å². The first-order chi connectivity index (χ1) is 10.5. The van der Waals surface area contributed by atoms with Gasteiger partial charge in [-0.1, -0.05) is 25.1 Å². The van der Waals surface area contributed by atoms with Gasteiger partial charge in [0.25, 0.3) is 0 Å². The molecule has 3 unspecified atom stereocenters. The van der Waals surface area contributed by atoms with Gasteiger partial charge in [-0.3, -0.25) is 4.79 Å². The van der Waals surface area contributed by atoms with Crippen molar-refractivity contribution in [3.63, 3.8) is 0 Å². The monoisotopic (exact) mass is 296 g/mol. The van der Waals surface area contributed by atoms with E-state index in [4.69, 9.17) is 4.74 Å². The molecular formula is C19H20O3. The van der Waals surface area contributed by atoms with E-state index in [0.29, 0.717) is 29.3 Å². The standard InChI is InChI=1S/C19H20O3/c1-9-5-4-6-14-15(9)19(22-11(3)20)17-13-8-7-12(10(13)2)16(17)18(14)21/h4-6,10,12-13,21H,7-8H2,1-3H3. The number of phenolic OH excluding ortho intramolecular Hbond substituents is 1. The Labute approximate surface area is 129 Å². The van der Waals surface area contributed by atoms with E-state index < -0.39 is 0 Å². The summed E-state index contributed by atoms with van der Waals surface area (Å²) in [5, 5.41) is 12.5. The molecule has 0 aromatic heterocycles. The van der Waals surface area contributed by atoms with Gasteiger partial charge in [-0.25, -0.2) is 0 Å². The Kier molecular flexibility index (Phi) is 2.77. The quantitative estimate of drug-likeness (QED) is 0.627. The summed E-state index contributed by atoms with van der Waals surface area (Å²) in [5.41, 5.74) is 3.14. The van der Waals surface area contributed by atoms with Gasteiger partial charge in [0.2, 0.25) is 0 Å². The number of fused-ring (bicyclic) bond motifs is 6. The average molecular weight is 296 g/mol. The summed E-state index contributed by atoms with van der Waals surface area (Å²) in [4.78, 5) is 11.7. The maximum Gasteiger partial charge on any atom is 0.308 e. The molecule has 2 aliphatic rings. The molecule has 0 radical (unpaired) electrons. The van der Waals surface area contributed by atoms with Crippen molar-refractivity contribution in [1.82, 2.24) is 0 Å². The Hall–Kier alpha value is -2.03. The summed E-state index contributed by atoms with van der Waals surface area (Å²) in [6.07, 6.45) is 2.23. The summed E-state index contributed by atoms with van der Waals surface area (Å²) in [5.74, 6) is 2.07. The van der Waals surface area contributed by atoms with Gasteiger partial charge in [-0.15, -0.1) is 0 Å². The van der Waals surface area contributed by atoms with Crippen LogP contribution in [0.1, 0.15) is 55.2 Å². The van der Waals surface area contributed by atoms with Crippen LogP contribution in [0, 0.1) is 12.8 Å². The molecule has 0 saturated heterocycles. The lowest BCUT2D eigenvalue weighted by Gasteiger charge is -2.22. The van der Waals surface area contributed by atoms with Crippen molar-refractivity contribution in [2.45, 2.75) is 45.4 Å². The van der Waals surface area contributed by atoms with Crippen molar-refractivity contribution in [2.24, 2.45) is 5.92 Å². The van der Waals surface area contributed by atoms with Gasteiger partial charge in [-0.05, 0) is 43.1 Å². The number of esters is 1. The zero-order valence-corrected chi connectivity index (χ0v) is 13.1. The van der Waals surface area contributed by atoms with Gasteiger partial charge < -0.3 is 9.84 Å². The topological polar surface area (TPSA) is 46.5 Å². The predicted molar refractivity (Wildman–Crippen MR) is 85.5 cm³/mol. The summed E-state index contributed by atoms with van der Waals surface area (Å²) < 4.78 is 5.66. The molecule has 1 saturated carbocycles. The molecule has 114 valence electrons. The molecule has 2 aromatic carbocycles. The number of aryl methyl sites for hydroxylation is 1. The summed E-state index contributed by atoms with van der Waals surface area (Å²) >= 11 is 0. The molecule has 1 fully saturated rings. The highest BCUT2D eigenvalue weighted by molar-refractivity contribution is 6.00. The first-order valence-corrected chi connectivity index (χ1v) is 7.97. The van der Waals surface area contributed by atoms with Crippen LogP contribution in [0.3, 0.4) is 0 Å². The Morgan fingerprint density at radius 1 is 1.23 bits per heavy atom. The number of ether oxygens (including phenoxy) is 1. The minimum absolute atomic E-state index is 0.298. The van der Waals surface area contributed by atoms with Crippen LogP contribution in [0.15, 0.2) is 18.2 Å². The Morgan fingerprint density at radius 3 is 2.59 bits per heavy atom. The molecule has 2 bridgehead atoms. The van der Waals surface area contributed by atoms with Crippen molar-refractivity contribution < 1.29 is 14.6 Å². The van der Waals surface area contributed by atoms with Gasteiger partial charge >= 0.3 is 5.97 Å². The fourth-order valence-electron chi connectivity index (χ4n) is 4.67. The highest BCUT2D eigenvalue weighted by atomic mass is 16.5. The van der Waals surface area contributed by atoms with Crippen LogP contribution < -0.4 is 4.74 Å². The van der Waals surface area contributed by atoms with Gasteiger partial charge in [0.05, 0.1) is 0 Å².